The molecule has 0 atom stereocenters. The molecule has 2 heteroatoms. The van der Waals surface area contributed by atoms with Gasteiger partial charge in [-0.2, -0.15) is 0 Å². The molecule has 0 aromatic carbocycles. The largest absolute Gasteiger partial charge is 0.251 e. The van der Waals surface area contributed by atoms with Crippen molar-refractivity contribution in [1.29, 1.82) is 0 Å². The molecule has 0 heterocycles. The molecule has 0 nitrogen and oxygen atoms in total. The van der Waals surface area contributed by atoms with Gasteiger partial charge in [-0.15, -0.1) is 17.4 Å². The van der Waals surface area contributed by atoms with Gasteiger partial charge in [0.05, 0.1) is 0 Å². The molecule has 0 aromatic heterocycles. The zero-order chi connectivity index (χ0) is 3.58. The van der Waals surface area contributed by atoms with Crippen LogP contribution in [0.3, 0.4) is 0 Å². The van der Waals surface area contributed by atoms with Gasteiger partial charge in [-0.1, -0.05) is 0 Å². The van der Waals surface area contributed by atoms with Crippen LogP contribution in [0.5, 0.6) is 0 Å². The predicted octanol–water partition coefficient (Wildman–Crippen LogP) is 1.37. The van der Waals surface area contributed by atoms with Crippen molar-refractivity contribution in [2.24, 2.45) is 0 Å². The summed E-state index contributed by atoms with van der Waals surface area (Å²) in [6.45, 7) is 0. The van der Waals surface area contributed by atoms with Crippen molar-refractivity contribution in [3.05, 3.63) is 0 Å². The van der Waals surface area contributed by atoms with E-state index in [-0.39, 0.29) is 31.2 Å². The van der Waals surface area contributed by atoms with Crippen LogP contribution < -0.4 is 0 Å². The van der Waals surface area contributed by atoms with Gasteiger partial charge in [0.1, 0.15) is 0 Å². The van der Waals surface area contributed by atoms with Crippen LogP contribution in [0, 0.1) is 0 Å². The molecule has 5 heavy (non-hydrogen) atoms. The first-order chi connectivity index (χ1) is 1.73. The Morgan fingerprint density at radius 2 is 1.00 bits per heavy atom. The molecule has 0 N–H and O–H groups in total. The van der Waals surface area contributed by atoms with E-state index >= 15 is 0 Å². The topological polar surface area (TPSA) is 0 Å². The Hall–Kier alpha value is 1.05. The van der Waals surface area contributed by atoms with E-state index in [1.807, 2.05) is 0 Å². The normalized spacial score (nSPS) is 5.40. The number of rotatable bonds is 0. The van der Waals surface area contributed by atoms with Crippen molar-refractivity contribution in [2.45, 2.75) is 17.4 Å². The zero-order valence-electron chi connectivity index (χ0n) is 3.88. The molecule has 0 unspecified atom stereocenters. The molecule has 0 aromatic rings. The molecule has 0 saturated heterocycles. The average molecular weight is 136 g/mol. The Balaban J connectivity index is 0. The summed E-state index contributed by atoms with van der Waals surface area (Å²) in [7, 11) is 0. The van der Waals surface area contributed by atoms with Gasteiger partial charge in [0.2, 0.25) is 0 Å². The second-order valence-electron chi connectivity index (χ2n) is 1.73. The van der Waals surface area contributed by atoms with E-state index in [4.69, 9.17) is 0 Å². The minimum atomic E-state index is -0.139. The van der Waals surface area contributed by atoms with Crippen LogP contribution in [0.2, 0.25) is 17.4 Å². The van der Waals surface area contributed by atoms with Crippen molar-refractivity contribution in [3.63, 3.8) is 0 Å². The van der Waals surface area contributed by atoms with Crippen molar-refractivity contribution >= 4 is 14.1 Å². The predicted molar refractivity (Wildman–Crippen MR) is 23.3 cm³/mol. The molecule has 0 aliphatic heterocycles. The summed E-state index contributed by atoms with van der Waals surface area (Å²) < 4.78 is 0. The maximum Gasteiger partial charge on any atom is 0.251 e. The van der Waals surface area contributed by atoms with E-state index in [9.17, 15) is 0 Å². The minimum absolute atomic E-state index is 0. The van der Waals surface area contributed by atoms with E-state index in [0.717, 1.165) is 0 Å². The molecule has 0 aliphatic rings. The van der Waals surface area contributed by atoms with E-state index in [0.29, 0.717) is 0 Å². The summed E-state index contributed by atoms with van der Waals surface area (Å²) in [5, 5.41) is 0. The SMILES string of the molecule is [CH3][Al]([CH3])[CH3].[Cu]. The van der Waals surface area contributed by atoms with Crippen LogP contribution in [-0.4, -0.2) is 14.1 Å². The molecule has 0 amide bonds. The van der Waals surface area contributed by atoms with Crippen LogP contribution >= 0.6 is 0 Å². The van der Waals surface area contributed by atoms with E-state index in [2.05, 4.69) is 17.4 Å². The molecule has 35 valence electrons. The second kappa shape index (κ2) is 5.05. The van der Waals surface area contributed by atoms with Crippen molar-refractivity contribution in [3.8, 4) is 0 Å². The van der Waals surface area contributed by atoms with Gasteiger partial charge < -0.3 is 0 Å². The molecular formula is C3H9AlCu. The Labute approximate surface area is 48.8 Å². The summed E-state index contributed by atoms with van der Waals surface area (Å²) in [5.74, 6) is 6.92. The summed E-state index contributed by atoms with van der Waals surface area (Å²) in [5.41, 5.74) is 0. The third-order valence-electron chi connectivity index (χ3n) is 0. The molecule has 0 saturated carbocycles. The average Bonchev–Trinajstić information content (AvgIpc) is 0.811. The monoisotopic (exact) mass is 135 g/mol. The molecule has 0 aliphatic carbocycles. The molecule has 1 radical (unpaired) electrons. The fraction of sp³-hybridized carbons (Fsp3) is 1.00. The third-order valence-corrected chi connectivity index (χ3v) is 0. The summed E-state index contributed by atoms with van der Waals surface area (Å²) in [4.78, 5) is 0. The van der Waals surface area contributed by atoms with Crippen molar-refractivity contribution in [1.82, 2.24) is 0 Å². The molecule has 0 fully saturated rings. The molecule has 0 spiro atoms. The van der Waals surface area contributed by atoms with Crippen molar-refractivity contribution in [2.75, 3.05) is 0 Å². The van der Waals surface area contributed by atoms with Crippen LogP contribution in [0.25, 0.3) is 0 Å². The Bertz CT molecular complexity index is 11.6. The fourth-order valence-corrected chi connectivity index (χ4v) is 0. The Morgan fingerprint density at radius 3 is 1.00 bits per heavy atom. The van der Waals surface area contributed by atoms with E-state index in [1.165, 1.54) is 0 Å². The third kappa shape index (κ3) is 42.5. The Morgan fingerprint density at radius 1 is 1.00 bits per heavy atom. The van der Waals surface area contributed by atoms with E-state index < -0.39 is 0 Å². The first kappa shape index (κ1) is 9.41. The number of hydrogen-bond acceptors (Lipinski definition) is 0. The van der Waals surface area contributed by atoms with Gasteiger partial charge >= 0.3 is 0 Å². The standard InChI is InChI=1S/3CH3.Al.Cu/h3*1H3;;. The summed E-state index contributed by atoms with van der Waals surface area (Å²) in [6, 6.07) is 0. The zero-order valence-corrected chi connectivity index (χ0v) is 5.98. The van der Waals surface area contributed by atoms with Gasteiger partial charge in [0.15, 0.2) is 0 Å². The summed E-state index contributed by atoms with van der Waals surface area (Å²) in [6.07, 6.45) is 0. The first-order valence-corrected chi connectivity index (χ1v) is 5.20. The van der Waals surface area contributed by atoms with Crippen LogP contribution in [0.1, 0.15) is 0 Å². The van der Waals surface area contributed by atoms with Crippen LogP contribution in [0.4, 0.5) is 0 Å². The Kier molecular flexibility index (Phi) is 9.51. The fourth-order valence-electron chi connectivity index (χ4n) is 0. The molecule has 0 rings (SSSR count). The summed E-state index contributed by atoms with van der Waals surface area (Å²) >= 11 is -0.139. The van der Waals surface area contributed by atoms with Crippen LogP contribution in [-0.2, 0) is 17.1 Å². The van der Waals surface area contributed by atoms with Gasteiger partial charge in [-0.3, -0.25) is 0 Å². The van der Waals surface area contributed by atoms with Gasteiger partial charge in [0.25, 0.3) is 14.1 Å². The van der Waals surface area contributed by atoms with Crippen LogP contribution in [0.15, 0.2) is 0 Å². The maximum atomic E-state index is 2.31. The molecular weight excluding hydrogens is 127 g/mol. The van der Waals surface area contributed by atoms with E-state index in [1.54, 1.807) is 0 Å². The second-order valence-corrected chi connectivity index (χ2v) is 5.20. The first-order valence-electron chi connectivity index (χ1n) is 1.73. The molecule has 0 bridgehead atoms. The van der Waals surface area contributed by atoms with Gasteiger partial charge in [-0.25, -0.2) is 0 Å². The van der Waals surface area contributed by atoms with Gasteiger partial charge in [0, 0.05) is 17.1 Å². The number of hydrogen-bond donors (Lipinski definition) is 0. The van der Waals surface area contributed by atoms with Gasteiger partial charge in [-0.05, 0) is 0 Å². The minimum Gasteiger partial charge on any atom is -0.106 e. The maximum absolute atomic E-state index is 2.31. The smallest absolute Gasteiger partial charge is 0.106 e. The quantitative estimate of drug-likeness (QED) is 0.440. The van der Waals surface area contributed by atoms with Crippen molar-refractivity contribution < 1.29 is 17.1 Å².